The van der Waals surface area contributed by atoms with E-state index < -0.39 is 17.3 Å². The number of halogens is 3. The minimum Gasteiger partial charge on any atom is -0.396 e. The van der Waals surface area contributed by atoms with Gasteiger partial charge < -0.3 is 5.11 Å². The minimum absolute atomic E-state index is 0.0786. The molecular weight excluding hydrogens is 349 g/mol. The Bertz CT molecular complexity index is 954. The lowest BCUT2D eigenvalue weighted by molar-refractivity contribution is -0.137. The first-order valence-electron chi connectivity index (χ1n) is 7.58. The molecule has 26 heavy (non-hydrogen) atoms. The van der Waals surface area contributed by atoms with Crippen LogP contribution in [0.15, 0.2) is 53.7 Å². The minimum atomic E-state index is -4.49. The molecule has 6 nitrogen and oxygen atoms in total. The van der Waals surface area contributed by atoms with Crippen molar-refractivity contribution < 1.29 is 18.3 Å². The number of aromatic nitrogens is 4. The van der Waals surface area contributed by atoms with Crippen LogP contribution in [0.25, 0.3) is 17.1 Å². The van der Waals surface area contributed by atoms with Gasteiger partial charge in [0, 0.05) is 31.0 Å². The summed E-state index contributed by atoms with van der Waals surface area (Å²) in [7, 11) is 0. The van der Waals surface area contributed by atoms with Crippen LogP contribution in [-0.2, 0) is 12.6 Å². The molecule has 9 heteroatoms. The van der Waals surface area contributed by atoms with E-state index in [0.29, 0.717) is 11.9 Å². The summed E-state index contributed by atoms with van der Waals surface area (Å²) in [6.45, 7) is -0.258. The molecule has 0 atom stereocenters. The smallest absolute Gasteiger partial charge is 0.396 e. The first kappa shape index (κ1) is 17.7. The molecule has 0 saturated heterocycles. The first-order chi connectivity index (χ1) is 12.4. The molecule has 134 valence electrons. The van der Waals surface area contributed by atoms with Gasteiger partial charge in [-0.25, -0.2) is 0 Å². The monoisotopic (exact) mass is 362 g/mol. The van der Waals surface area contributed by atoms with Crippen molar-refractivity contribution in [3.05, 3.63) is 70.4 Å². The molecule has 3 aromatic heterocycles. The fraction of sp³-hybridized carbons (Fsp3) is 0.176. The summed E-state index contributed by atoms with van der Waals surface area (Å²) in [5.41, 5.74) is -0.269. The number of pyridine rings is 2. The van der Waals surface area contributed by atoms with E-state index in [2.05, 4.69) is 15.1 Å². The quantitative estimate of drug-likeness (QED) is 0.770. The fourth-order valence-electron chi connectivity index (χ4n) is 2.34. The average Bonchev–Trinajstić information content (AvgIpc) is 2.64. The van der Waals surface area contributed by atoms with Gasteiger partial charge >= 0.3 is 6.18 Å². The lowest BCUT2D eigenvalue weighted by atomic mass is 10.1. The number of rotatable bonds is 4. The van der Waals surface area contributed by atoms with Gasteiger partial charge in [-0.1, -0.05) is 0 Å². The summed E-state index contributed by atoms with van der Waals surface area (Å²) in [6, 6.07) is 6.74. The third kappa shape index (κ3) is 3.62. The molecule has 0 aliphatic rings. The number of aliphatic hydroxyl groups excluding tert-OH is 1. The Balaban J connectivity index is 2.13. The van der Waals surface area contributed by atoms with E-state index in [0.717, 1.165) is 10.7 Å². The predicted molar refractivity (Wildman–Crippen MR) is 86.7 cm³/mol. The Labute approximate surface area is 145 Å². The maximum Gasteiger partial charge on any atom is 0.417 e. The van der Waals surface area contributed by atoms with Gasteiger partial charge in [-0.05, 0) is 30.3 Å². The largest absolute Gasteiger partial charge is 0.417 e. The maximum atomic E-state index is 12.7. The van der Waals surface area contributed by atoms with Crippen molar-refractivity contribution in [3.8, 4) is 17.1 Å². The predicted octanol–water partition coefficient (Wildman–Crippen LogP) is 2.24. The van der Waals surface area contributed by atoms with Crippen molar-refractivity contribution in [2.45, 2.75) is 12.6 Å². The molecule has 3 rings (SSSR count). The normalized spacial score (nSPS) is 11.5. The molecular formula is C17H13F3N4O2. The van der Waals surface area contributed by atoms with Gasteiger partial charge in [0.2, 0.25) is 0 Å². The zero-order chi connectivity index (χ0) is 18.7. The summed E-state index contributed by atoms with van der Waals surface area (Å²) in [5.74, 6) is 0. The highest BCUT2D eigenvalue weighted by molar-refractivity contribution is 5.55. The van der Waals surface area contributed by atoms with Crippen LogP contribution in [0.3, 0.4) is 0 Å². The van der Waals surface area contributed by atoms with Crippen molar-refractivity contribution >= 4 is 0 Å². The fourth-order valence-corrected chi connectivity index (χ4v) is 2.34. The van der Waals surface area contributed by atoms with Crippen LogP contribution in [0.4, 0.5) is 13.2 Å². The lowest BCUT2D eigenvalue weighted by Gasteiger charge is -2.11. The van der Waals surface area contributed by atoms with Crippen LogP contribution < -0.4 is 5.56 Å². The highest BCUT2D eigenvalue weighted by Crippen LogP contribution is 2.29. The maximum absolute atomic E-state index is 12.7. The SMILES string of the molecule is O=c1c(CCO)cc(-c2ccc(C(F)(F)F)cn2)nn1-c1cccnc1. The number of alkyl halides is 3. The van der Waals surface area contributed by atoms with Crippen molar-refractivity contribution in [2.24, 2.45) is 0 Å². The summed E-state index contributed by atoms with van der Waals surface area (Å²) in [5, 5.41) is 13.4. The van der Waals surface area contributed by atoms with Crippen LogP contribution in [0.5, 0.6) is 0 Å². The van der Waals surface area contributed by atoms with Gasteiger partial charge in [-0.15, -0.1) is 0 Å². The molecule has 3 aromatic rings. The van der Waals surface area contributed by atoms with Gasteiger partial charge in [-0.2, -0.15) is 23.0 Å². The van der Waals surface area contributed by atoms with E-state index in [4.69, 9.17) is 0 Å². The van der Waals surface area contributed by atoms with Crippen LogP contribution in [0, 0.1) is 0 Å². The van der Waals surface area contributed by atoms with E-state index in [-0.39, 0.29) is 30.0 Å². The molecule has 0 radical (unpaired) electrons. The van der Waals surface area contributed by atoms with Crippen LogP contribution in [-0.4, -0.2) is 31.5 Å². The van der Waals surface area contributed by atoms with Gasteiger partial charge in [0.1, 0.15) is 5.69 Å². The summed E-state index contributed by atoms with van der Waals surface area (Å²) in [6.07, 6.45) is -0.738. The summed E-state index contributed by atoms with van der Waals surface area (Å²) < 4.78 is 39.2. The Kier molecular flexibility index (Phi) is 4.81. The number of hydrogen-bond donors (Lipinski definition) is 1. The average molecular weight is 362 g/mol. The molecule has 0 aromatic carbocycles. The number of nitrogens with zero attached hydrogens (tertiary/aromatic N) is 4. The molecule has 0 aliphatic carbocycles. The zero-order valence-electron chi connectivity index (χ0n) is 13.3. The molecule has 1 N–H and O–H groups in total. The molecule has 0 spiro atoms. The standard InChI is InChI=1S/C17H13F3N4O2/c18-17(19,20)12-3-4-14(22-9-12)15-8-11(5-7-25)16(26)24(23-15)13-2-1-6-21-10-13/h1-4,6,8-10,25H,5,7H2. The second-order valence-electron chi connectivity index (χ2n) is 5.39. The highest BCUT2D eigenvalue weighted by Gasteiger charge is 2.30. The third-order valence-electron chi connectivity index (χ3n) is 3.61. The van der Waals surface area contributed by atoms with Crippen molar-refractivity contribution in [1.82, 2.24) is 19.7 Å². The van der Waals surface area contributed by atoms with E-state index in [1.807, 2.05) is 0 Å². The molecule has 0 saturated carbocycles. The van der Waals surface area contributed by atoms with E-state index in [9.17, 15) is 23.1 Å². The van der Waals surface area contributed by atoms with Crippen molar-refractivity contribution in [2.75, 3.05) is 6.61 Å². The Hall–Kier alpha value is -3.07. The van der Waals surface area contributed by atoms with Gasteiger partial charge in [0.05, 0.1) is 23.1 Å². The Morgan fingerprint density at radius 1 is 1.12 bits per heavy atom. The summed E-state index contributed by atoms with van der Waals surface area (Å²) in [4.78, 5) is 20.3. The van der Waals surface area contributed by atoms with Gasteiger partial charge in [0.25, 0.3) is 5.56 Å². The molecule has 0 aliphatic heterocycles. The molecule has 3 heterocycles. The second kappa shape index (κ2) is 7.04. The molecule has 0 unspecified atom stereocenters. The third-order valence-corrected chi connectivity index (χ3v) is 3.61. The highest BCUT2D eigenvalue weighted by atomic mass is 19.4. The molecule has 0 bridgehead atoms. The zero-order valence-corrected chi connectivity index (χ0v) is 13.3. The summed E-state index contributed by atoms with van der Waals surface area (Å²) >= 11 is 0. The second-order valence-corrected chi connectivity index (χ2v) is 5.39. The Morgan fingerprint density at radius 2 is 1.92 bits per heavy atom. The van der Waals surface area contributed by atoms with Gasteiger partial charge in [0.15, 0.2) is 0 Å². The molecule has 0 amide bonds. The number of aliphatic hydroxyl groups is 1. The van der Waals surface area contributed by atoms with E-state index in [1.165, 1.54) is 24.5 Å². The first-order valence-corrected chi connectivity index (χ1v) is 7.58. The van der Waals surface area contributed by atoms with Crippen molar-refractivity contribution in [1.29, 1.82) is 0 Å². The van der Waals surface area contributed by atoms with Crippen molar-refractivity contribution in [3.63, 3.8) is 0 Å². The van der Waals surface area contributed by atoms with E-state index >= 15 is 0 Å². The van der Waals surface area contributed by atoms with Crippen LogP contribution >= 0.6 is 0 Å². The van der Waals surface area contributed by atoms with Gasteiger partial charge in [-0.3, -0.25) is 14.8 Å². The van der Waals surface area contributed by atoms with Crippen LogP contribution in [0.1, 0.15) is 11.1 Å². The molecule has 0 fully saturated rings. The van der Waals surface area contributed by atoms with E-state index in [1.54, 1.807) is 12.1 Å². The van der Waals surface area contributed by atoms with Crippen LogP contribution in [0.2, 0.25) is 0 Å². The Morgan fingerprint density at radius 3 is 2.50 bits per heavy atom. The lowest BCUT2D eigenvalue weighted by Crippen LogP contribution is -2.26. The number of hydrogen-bond acceptors (Lipinski definition) is 5. The topological polar surface area (TPSA) is 80.9 Å².